The van der Waals surface area contributed by atoms with E-state index in [1.807, 2.05) is 38.1 Å². The fourth-order valence-corrected chi connectivity index (χ4v) is 2.54. The van der Waals surface area contributed by atoms with Crippen LogP contribution >= 0.6 is 0 Å². The average Bonchev–Trinajstić information content (AvgIpc) is 2.66. The summed E-state index contributed by atoms with van der Waals surface area (Å²) in [6.45, 7) is 3.97. The van der Waals surface area contributed by atoms with Gasteiger partial charge in [0.2, 0.25) is 0 Å². The monoisotopic (exact) mass is 342 g/mol. The Morgan fingerprint density at radius 3 is 2.62 bits per heavy atom. The van der Waals surface area contributed by atoms with Gasteiger partial charge in [-0.3, -0.25) is 9.78 Å². The highest BCUT2D eigenvalue weighted by molar-refractivity contribution is 6.03. The zero-order valence-electron chi connectivity index (χ0n) is 14.6. The SMILES string of the molecule is Cc1cccc(NC(=O)c2cc(Nc3cccc(C#N)c3)ccn2)c1C. The number of amides is 1. The molecule has 2 N–H and O–H groups in total. The Kier molecular flexibility index (Phi) is 4.95. The van der Waals surface area contributed by atoms with Gasteiger partial charge in [0.1, 0.15) is 5.69 Å². The zero-order valence-corrected chi connectivity index (χ0v) is 14.6. The summed E-state index contributed by atoms with van der Waals surface area (Å²) in [6.07, 6.45) is 1.58. The van der Waals surface area contributed by atoms with Gasteiger partial charge in [-0.25, -0.2) is 0 Å². The summed E-state index contributed by atoms with van der Waals surface area (Å²) >= 11 is 0. The number of hydrogen-bond donors (Lipinski definition) is 2. The number of aromatic nitrogens is 1. The minimum Gasteiger partial charge on any atom is -0.355 e. The Morgan fingerprint density at radius 2 is 1.81 bits per heavy atom. The fraction of sp³-hybridized carbons (Fsp3) is 0.0952. The van der Waals surface area contributed by atoms with Crippen LogP contribution in [0.25, 0.3) is 0 Å². The summed E-state index contributed by atoms with van der Waals surface area (Å²) < 4.78 is 0. The molecular weight excluding hydrogens is 324 g/mol. The lowest BCUT2D eigenvalue weighted by Crippen LogP contribution is -2.14. The van der Waals surface area contributed by atoms with E-state index in [1.54, 1.807) is 36.5 Å². The highest BCUT2D eigenvalue weighted by Gasteiger charge is 2.11. The quantitative estimate of drug-likeness (QED) is 0.728. The third-order valence-corrected chi connectivity index (χ3v) is 4.13. The van der Waals surface area contributed by atoms with Crippen LogP contribution in [0.1, 0.15) is 27.2 Å². The van der Waals surface area contributed by atoms with Crippen molar-refractivity contribution >= 4 is 23.0 Å². The minimum atomic E-state index is -0.270. The summed E-state index contributed by atoms with van der Waals surface area (Å²) in [7, 11) is 0. The van der Waals surface area contributed by atoms with Gasteiger partial charge in [-0.15, -0.1) is 0 Å². The van der Waals surface area contributed by atoms with Crippen LogP contribution in [0.15, 0.2) is 60.8 Å². The molecule has 0 saturated carbocycles. The molecule has 5 heteroatoms. The van der Waals surface area contributed by atoms with Crippen LogP contribution in [0, 0.1) is 25.2 Å². The van der Waals surface area contributed by atoms with Gasteiger partial charge >= 0.3 is 0 Å². The molecule has 0 bridgehead atoms. The lowest BCUT2D eigenvalue weighted by Gasteiger charge is -2.11. The molecule has 1 amide bonds. The Hall–Kier alpha value is -3.65. The Bertz CT molecular complexity index is 1000. The lowest BCUT2D eigenvalue weighted by atomic mass is 10.1. The molecule has 0 spiro atoms. The van der Waals surface area contributed by atoms with Crippen LogP contribution < -0.4 is 10.6 Å². The summed E-state index contributed by atoms with van der Waals surface area (Å²) in [5.74, 6) is -0.270. The molecule has 1 aromatic heterocycles. The number of pyridine rings is 1. The van der Waals surface area contributed by atoms with Gasteiger partial charge in [-0.05, 0) is 61.4 Å². The van der Waals surface area contributed by atoms with Crippen molar-refractivity contribution in [2.24, 2.45) is 0 Å². The maximum absolute atomic E-state index is 12.5. The molecule has 3 aromatic rings. The molecule has 0 atom stereocenters. The first-order valence-electron chi connectivity index (χ1n) is 8.17. The van der Waals surface area contributed by atoms with Crippen LogP contribution in [-0.2, 0) is 0 Å². The number of carbonyl (C=O) groups is 1. The molecule has 0 aliphatic rings. The predicted octanol–water partition coefficient (Wildman–Crippen LogP) is 4.57. The Labute approximate surface area is 152 Å². The minimum absolute atomic E-state index is 0.270. The Morgan fingerprint density at radius 1 is 1.04 bits per heavy atom. The molecule has 3 rings (SSSR count). The van der Waals surface area contributed by atoms with Gasteiger partial charge < -0.3 is 10.6 Å². The lowest BCUT2D eigenvalue weighted by molar-refractivity contribution is 0.102. The number of rotatable bonds is 4. The molecule has 0 aliphatic heterocycles. The average molecular weight is 342 g/mol. The number of aryl methyl sites for hydroxylation is 1. The van der Waals surface area contributed by atoms with E-state index >= 15 is 0 Å². The van der Waals surface area contributed by atoms with Gasteiger partial charge in [0.25, 0.3) is 5.91 Å². The van der Waals surface area contributed by atoms with Crippen molar-refractivity contribution < 1.29 is 4.79 Å². The first kappa shape index (κ1) is 17.2. The van der Waals surface area contributed by atoms with Crippen molar-refractivity contribution in [3.63, 3.8) is 0 Å². The maximum atomic E-state index is 12.5. The van der Waals surface area contributed by atoms with E-state index in [-0.39, 0.29) is 5.91 Å². The number of nitriles is 1. The second-order valence-corrected chi connectivity index (χ2v) is 5.95. The van der Waals surface area contributed by atoms with Gasteiger partial charge in [0.05, 0.1) is 11.6 Å². The van der Waals surface area contributed by atoms with Crippen molar-refractivity contribution in [3.05, 3.63) is 83.2 Å². The standard InChI is InChI=1S/C21H18N4O/c1-14-5-3-8-19(15(14)2)25-21(26)20-12-18(9-10-23-20)24-17-7-4-6-16(11-17)13-22/h3-12H,1-2H3,(H,23,24)(H,25,26). The topological polar surface area (TPSA) is 77.8 Å². The Balaban J connectivity index is 1.79. The van der Waals surface area contributed by atoms with E-state index in [9.17, 15) is 4.79 Å². The fourth-order valence-electron chi connectivity index (χ4n) is 2.54. The van der Waals surface area contributed by atoms with E-state index in [0.29, 0.717) is 11.3 Å². The summed E-state index contributed by atoms with van der Waals surface area (Å²) in [4.78, 5) is 16.7. The molecule has 0 radical (unpaired) electrons. The molecule has 26 heavy (non-hydrogen) atoms. The van der Waals surface area contributed by atoms with Crippen molar-refractivity contribution in [3.8, 4) is 6.07 Å². The third-order valence-electron chi connectivity index (χ3n) is 4.13. The highest BCUT2D eigenvalue weighted by Crippen LogP contribution is 2.20. The van der Waals surface area contributed by atoms with Gasteiger partial charge in [-0.1, -0.05) is 18.2 Å². The van der Waals surface area contributed by atoms with Crippen LogP contribution in [-0.4, -0.2) is 10.9 Å². The molecule has 0 aliphatic carbocycles. The van der Waals surface area contributed by atoms with E-state index in [2.05, 4.69) is 21.7 Å². The van der Waals surface area contributed by atoms with Crippen molar-refractivity contribution in [1.82, 2.24) is 4.98 Å². The molecule has 2 aromatic carbocycles. The summed E-state index contributed by atoms with van der Waals surface area (Å²) in [6, 6.07) is 18.5. The molecular formula is C21H18N4O. The molecule has 0 fully saturated rings. The van der Waals surface area contributed by atoms with Crippen LogP contribution in [0.5, 0.6) is 0 Å². The number of hydrogen-bond acceptors (Lipinski definition) is 4. The first-order chi connectivity index (χ1) is 12.6. The molecule has 0 unspecified atom stereocenters. The van der Waals surface area contributed by atoms with Gasteiger partial charge in [0.15, 0.2) is 0 Å². The second-order valence-electron chi connectivity index (χ2n) is 5.95. The summed E-state index contributed by atoms with van der Waals surface area (Å²) in [5.41, 5.74) is 5.30. The number of carbonyl (C=O) groups excluding carboxylic acids is 1. The summed E-state index contributed by atoms with van der Waals surface area (Å²) in [5, 5.41) is 15.1. The molecule has 128 valence electrons. The largest absolute Gasteiger partial charge is 0.355 e. The number of nitrogens with zero attached hydrogens (tertiary/aromatic N) is 2. The predicted molar refractivity (Wildman–Crippen MR) is 103 cm³/mol. The van der Waals surface area contributed by atoms with E-state index < -0.39 is 0 Å². The van der Waals surface area contributed by atoms with Gasteiger partial charge in [-0.2, -0.15) is 5.26 Å². The van der Waals surface area contributed by atoms with Crippen LogP contribution in [0.3, 0.4) is 0 Å². The number of nitrogens with one attached hydrogen (secondary N) is 2. The van der Waals surface area contributed by atoms with Crippen molar-refractivity contribution in [2.45, 2.75) is 13.8 Å². The number of anilines is 3. The number of benzene rings is 2. The zero-order chi connectivity index (χ0) is 18.5. The van der Waals surface area contributed by atoms with Gasteiger partial charge in [0, 0.05) is 23.3 Å². The maximum Gasteiger partial charge on any atom is 0.274 e. The van der Waals surface area contributed by atoms with Crippen LogP contribution in [0.2, 0.25) is 0 Å². The molecule has 5 nitrogen and oxygen atoms in total. The van der Waals surface area contributed by atoms with E-state index in [4.69, 9.17) is 5.26 Å². The van der Waals surface area contributed by atoms with Crippen molar-refractivity contribution in [2.75, 3.05) is 10.6 Å². The van der Waals surface area contributed by atoms with Crippen LogP contribution in [0.4, 0.5) is 17.1 Å². The van der Waals surface area contributed by atoms with E-state index in [0.717, 1.165) is 28.2 Å². The molecule has 1 heterocycles. The third kappa shape index (κ3) is 3.87. The normalized spacial score (nSPS) is 10.0. The van der Waals surface area contributed by atoms with E-state index in [1.165, 1.54) is 0 Å². The molecule has 0 saturated heterocycles. The van der Waals surface area contributed by atoms with Crippen molar-refractivity contribution in [1.29, 1.82) is 5.26 Å². The second kappa shape index (κ2) is 7.49. The highest BCUT2D eigenvalue weighted by atomic mass is 16.1. The first-order valence-corrected chi connectivity index (χ1v) is 8.17. The smallest absolute Gasteiger partial charge is 0.274 e.